The molecule has 3 aliphatic rings. The largest absolute Gasteiger partial charge is 0.453 e. The summed E-state index contributed by atoms with van der Waals surface area (Å²) in [5.74, 6) is 3.51. The van der Waals surface area contributed by atoms with Crippen LogP contribution in [-0.2, 0) is 5.41 Å². The highest BCUT2D eigenvalue weighted by Gasteiger charge is 2.51. The van der Waals surface area contributed by atoms with Crippen molar-refractivity contribution in [3.05, 3.63) is 216 Å². The van der Waals surface area contributed by atoms with Gasteiger partial charge in [-0.2, -0.15) is 0 Å². The molecule has 12 rings (SSSR count). The van der Waals surface area contributed by atoms with Crippen LogP contribution in [0.5, 0.6) is 11.5 Å². The minimum Gasteiger partial charge on any atom is -0.453 e. The quantitative estimate of drug-likeness (QED) is 0.181. The Morgan fingerprint density at radius 1 is 0.351 bits per heavy atom. The van der Waals surface area contributed by atoms with Crippen molar-refractivity contribution in [1.82, 2.24) is 15.0 Å². The number of aromatic nitrogens is 3. The van der Waals surface area contributed by atoms with Gasteiger partial charge in [0.2, 0.25) is 0 Å². The molecule has 0 amide bonds. The van der Waals surface area contributed by atoms with Crippen LogP contribution in [0.3, 0.4) is 0 Å². The molecule has 0 radical (unpaired) electrons. The highest BCUT2D eigenvalue weighted by atomic mass is 16.5. The van der Waals surface area contributed by atoms with Crippen LogP contribution in [0, 0.1) is 0 Å². The summed E-state index contributed by atoms with van der Waals surface area (Å²) < 4.78 is 6.28. The summed E-state index contributed by atoms with van der Waals surface area (Å²) in [5.41, 5.74) is 15.5. The van der Waals surface area contributed by atoms with Gasteiger partial charge in [-0.25, -0.2) is 15.0 Å². The zero-order valence-corrected chi connectivity index (χ0v) is 30.7. The lowest BCUT2D eigenvalue weighted by Crippen LogP contribution is -2.25. The van der Waals surface area contributed by atoms with E-state index in [1.165, 1.54) is 44.5 Å². The first kappa shape index (κ1) is 31.7. The van der Waals surface area contributed by atoms with Gasteiger partial charge in [0.05, 0.1) is 16.8 Å². The molecule has 2 aliphatic carbocycles. The van der Waals surface area contributed by atoms with Gasteiger partial charge < -0.3 is 9.64 Å². The molecule has 1 spiro atoms. The Morgan fingerprint density at radius 2 is 0.772 bits per heavy atom. The first-order valence-corrected chi connectivity index (χ1v) is 19.3. The van der Waals surface area contributed by atoms with E-state index in [9.17, 15) is 0 Å². The van der Waals surface area contributed by atoms with E-state index in [0.717, 1.165) is 45.3 Å². The zero-order chi connectivity index (χ0) is 37.5. The SMILES string of the molecule is c1ccc(-c2nc(-c3ccc(N4c5ccccc5Oc5ccccc54)cc3)nc(-c3ccc4c(c3)C3(c5ccccc5-c5ccccc53)c3ccccc3-4)n2)cc1. The van der Waals surface area contributed by atoms with E-state index in [-0.39, 0.29) is 0 Å². The molecule has 0 bridgehead atoms. The lowest BCUT2D eigenvalue weighted by atomic mass is 9.70. The molecule has 0 saturated heterocycles. The maximum Gasteiger partial charge on any atom is 0.164 e. The van der Waals surface area contributed by atoms with Crippen molar-refractivity contribution in [3.8, 4) is 67.9 Å². The summed E-state index contributed by atoms with van der Waals surface area (Å²) in [5, 5.41) is 0. The second-order valence-corrected chi connectivity index (χ2v) is 14.7. The number of benzene rings is 8. The average Bonchev–Trinajstić information content (AvgIpc) is 3.75. The van der Waals surface area contributed by atoms with E-state index in [0.29, 0.717) is 17.5 Å². The molecule has 0 N–H and O–H groups in total. The van der Waals surface area contributed by atoms with Gasteiger partial charge in [0.15, 0.2) is 29.0 Å². The number of ether oxygens (including phenoxy) is 1. The van der Waals surface area contributed by atoms with Crippen LogP contribution in [0.15, 0.2) is 194 Å². The second kappa shape index (κ2) is 12.2. The van der Waals surface area contributed by atoms with E-state index >= 15 is 0 Å². The van der Waals surface area contributed by atoms with Crippen LogP contribution in [-0.4, -0.2) is 15.0 Å². The monoisotopic (exact) mass is 728 g/mol. The molecule has 5 nitrogen and oxygen atoms in total. The van der Waals surface area contributed by atoms with Crippen molar-refractivity contribution in [2.75, 3.05) is 4.90 Å². The Bertz CT molecular complexity index is 2960. The third kappa shape index (κ3) is 4.60. The summed E-state index contributed by atoms with van der Waals surface area (Å²) >= 11 is 0. The number of hydrogen-bond acceptors (Lipinski definition) is 5. The molecule has 1 aliphatic heterocycles. The van der Waals surface area contributed by atoms with Gasteiger partial charge >= 0.3 is 0 Å². The first-order valence-electron chi connectivity index (χ1n) is 19.3. The number of rotatable bonds is 4. The molecule has 2 heterocycles. The minimum absolute atomic E-state index is 0.459. The van der Waals surface area contributed by atoms with Gasteiger partial charge in [-0.15, -0.1) is 0 Å². The van der Waals surface area contributed by atoms with E-state index in [4.69, 9.17) is 19.7 Å². The van der Waals surface area contributed by atoms with Crippen molar-refractivity contribution in [2.24, 2.45) is 0 Å². The number of para-hydroxylation sites is 4. The standard InChI is InChI=1S/C52H32N4O/c1-2-14-33(15-3-1)49-53-50(34-26-29-36(30-27-34)56-45-22-10-12-24-47(45)57-48-25-13-11-23-46(48)56)55-51(54-49)35-28-31-40-39-18-6-9-21-43(39)52(44(40)32-35)41-19-7-4-16-37(41)38-17-5-8-20-42(38)52/h1-32H. The fraction of sp³-hybridized carbons (Fsp3) is 0.0192. The van der Waals surface area contributed by atoms with Gasteiger partial charge in [0.25, 0.3) is 0 Å². The summed E-state index contributed by atoms with van der Waals surface area (Å²) in [6.07, 6.45) is 0. The Labute approximate surface area is 330 Å². The molecule has 0 unspecified atom stereocenters. The summed E-state index contributed by atoms with van der Waals surface area (Å²) in [7, 11) is 0. The topological polar surface area (TPSA) is 51.1 Å². The minimum atomic E-state index is -0.459. The van der Waals surface area contributed by atoms with Crippen LogP contribution in [0.25, 0.3) is 56.4 Å². The molecule has 5 heteroatoms. The van der Waals surface area contributed by atoms with Crippen LogP contribution < -0.4 is 9.64 Å². The number of hydrogen-bond donors (Lipinski definition) is 0. The average molecular weight is 729 g/mol. The number of fused-ring (bicyclic) bond motifs is 12. The lowest BCUT2D eigenvalue weighted by molar-refractivity contribution is 0.477. The van der Waals surface area contributed by atoms with Crippen LogP contribution in [0.2, 0.25) is 0 Å². The van der Waals surface area contributed by atoms with Gasteiger partial charge in [0.1, 0.15) is 0 Å². The van der Waals surface area contributed by atoms with Crippen LogP contribution >= 0.6 is 0 Å². The molecular weight excluding hydrogens is 697 g/mol. The summed E-state index contributed by atoms with van der Waals surface area (Å²) in [4.78, 5) is 17.7. The third-order valence-electron chi connectivity index (χ3n) is 11.7. The Balaban J connectivity index is 1.02. The zero-order valence-electron chi connectivity index (χ0n) is 30.7. The predicted molar refractivity (Wildman–Crippen MR) is 227 cm³/mol. The molecule has 266 valence electrons. The first-order chi connectivity index (χ1) is 28.3. The van der Waals surface area contributed by atoms with Gasteiger partial charge in [-0.05, 0) is 99.1 Å². The van der Waals surface area contributed by atoms with Crippen molar-refractivity contribution in [3.63, 3.8) is 0 Å². The Kier molecular flexibility index (Phi) is 6.78. The van der Waals surface area contributed by atoms with Crippen molar-refractivity contribution < 1.29 is 4.74 Å². The van der Waals surface area contributed by atoms with Gasteiger partial charge in [-0.3, -0.25) is 0 Å². The molecular formula is C52H32N4O. The molecule has 57 heavy (non-hydrogen) atoms. The highest BCUT2D eigenvalue weighted by Crippen LogP contribution is 2.63. The van der Waals surface area contributed by atoms with E-state index in [1.54, 1.807) is 0 Å². The normalized spacial score (nSPS) is 13.5. The maximum absolute atomic E-state index is 6.28. The highest BCUT2D eigenvalue weighted by molar-refractivity contribution is 5.96. The predicted octanol–water partition coefficient (Wildman–Crippen LogP) is 12.8. The molecule has 8 aromatic carbocycles. The van der Waals surface area contributed by atoms with E-state index in [2.05, 4.69) is 144 Å². The summed E-state index contributed by atoms with van der Waals surface area (Å²) in [6, 6.07) is 68.3. The second-order valence-electron chi connectivity index (χ2n) is 14.7. The molecule has 1 aromatic heterocycles. The fourth-order valence-electron chi connectivity index (χ4n) is 9.33. The fourth-order valence-corrected chi connectivity index (χ4v) is 9.33. The van der Waals surface area contributed by atoms with E-state index in [1.807, 2.05) is 54.6 Å². The smallest absolute Gasteiger partial charge is 0.164 e. The van der Waals surface area contributed by atoms with Crippen molar-refractivity contribution >= 4 is 17.1 Å². The molecule has 0 saturated carbocycles. The summed E-state index contributed by atoms with van der Waals surface area (Å²) in [6.45, 7) is 0. The Hall–Kier alpha value is -7.63. The molecule has 0 atom stereocenters. The third-order valence-corrected chi connectivity index (χ3v) is 11.7. The van der Waals surface area contributed by atoms with Crippen molar-refractivity contribution in [1.29, 1.82) is 0 Å². The van der Waals surface area contributed by atoms with Gasteiger partial charge in [-0.1, -0.05) is 140 Å². The molecule has 9 aromatic rings. The lowest BCUT2D eigenvalue weighted by Gasteiger charge is -2.32. The molecule has 0 fully saturated rings. The number of anilines is 3. The Morgan fingerprint density at radius 3 is 1.33 bits per heavy atom. The van der Waals surface area contributed by atoms with Crippen LogP contribution in [0.4, 0.5) is 17.1 Å². The number of nitrogens with zero attached hydrogens (tertiary/aromatic N) is 4. The van der Waals surface area contributed by atoms with Crippen LogP contribution in [0.1, 0.15) is 22.3 Å². The maximum atomic E-state index is 6.28. The van der Waals surface area contributed by atoms with E-state index < -0.39 is 5.41 Å². The van der Waals surface area contributed by atoms with Crippen molar-refractivity contribution in [2.45, 2.75) is 5.41 Å². The van der Waals surface area contributed by atoms with Gasteiger partial charge in [0, 0.05) is 22.4 Å².